The standard InChI is InChI=1S/C14H12Br2N2O5/c1-2-22-11(19)6-23-12-8(15)3-7(4-9(12)16)5-10-13(20)18-14(21)17-10/h3-5H,2,6H2,1H3,(H2,17,18,20,21). The third-order valence-corrected chi connectivity index (χ3v) is 3.87. The molecule has 0 atom stereocenters. The van der Waals surface area contributed by atoms with Gasteiger partial charge in [0.15, 0.2) is 6.61 Å². The minimum atomic E-state index is -0.561. The summed E-state index contributed by atoms with van der Waals surface area (Å²) in [6.45, 7) is 1.78. The highest BCUT2D eigenvalue weighted by atomic mass is 79.9. The molecule has 7 nitrogen and oxygen atoms in total. The fraction of sp³-hybridized carbons (Fsp3) is 0.214. The number of carbonyl (C=O) groups excluding carboxylic acids is 3. The number of nitrogens with one attached hydrogen (secondary N) is 2. The number of hydrogen-bond donors (Lipinski definition) is 2. The first-order valence-electron chi connectivity index (χ1n) is 6.52. The summed E-state index contributed by atoms with van der Waals surface area (Å²) < 4.78 is 11.3. The molecule has 122 valence electrons. The van der Waals surface area contributed by atoms with Gasteiger partial charge >= 0.3 is 12.0 Å². The van der Waals surface area contributed by atoms with Gasteiger partial charge < -0.3 is 14.8 Å². The third-order valence-electron chi connectivity index (χ3n) is 2.69. The molecule has 2 N–H and O–H groups in total. The van der Waals surface area contributed by atoms with E-state index in [0.29, 0.717) is 20.3 Å². The maximum absolute atomic E-state index is 11.5. The summed E-state index contributed by atoms with van der Waals surface area (Å²) in [7, 11) is 0. The predicted octanol–water partition coefficient (Wildman–Crippen LogP) is 2.33. The molecule has 3 amide bonds. The predicted molar refractivity (Wildman–Crippen MR) is 88.6 cm³/mol. The number of amides is 3. The van der Waals surface area contributed by atoms with E-state index in [4.69, 9.17) is 9.47 Å². The van der Waals surface area contributed by atoms with Gasteiger partial charge in [-0.25, -0.2) is 9.59 Å². The number of hydrogen-bond acceptors (Lipinski definition) is 5. The van der Waals surface area contributed by atoms with Crippen LogP contribution in [0, 0.1) is 0 Å². The number of ether oxygens (including phenoxy) is 2. The van der Waals surface area contributed by atoms with Gasteiger partial charge in [0.1, 0.15) is 11.4 Å². The van der Waals surface area contributed by atoms with Crippen molar-refractivity contribution in [2.75, 3.05) is 13.2 Å². The van der Waals surface area contributed by atoms with Crippen LogP contribution in [-0.4, -0.2) is 31.1 Å². The Morgan fingerprint density at radius 1 is 1.22 bits per heavy atom. The summed E-state index contributed by atoms with van der Waals surface area (Å²) in [4.78, 5) is 33.9. The molecule has 1 aromatic carbocycles. The lowest BCUT2D eigenvalue weighted by Crippen LogP contribution is -2.22. The summed E-state index contributed by atoms with van der Waals surface area (Å²) in [5, 5.41) is 4.51. The van der Waals surface area contributed by atoms with Crippen LogP contribution in [-0.2, 0) is 14.3 Å². The van der Waals surface area contributed by atoms with Gasteiger partial charge in [-0.1, -0.05) is 0 Å². The van der Waals surface area contributed by atoms with Crippen LogP contribution >= 0.6 is 31.9 Å². The highest BCUT2D eigenvalue weighted by Gasteiger charge is 2.23. The zero-order chi connectivity index (χ0) is 17.0. The number of esters is 1. The maximum atomic E-state index is 11.5. The van der Waals surface area contributed by atoms with Gasteiger partial charge in [0.05, 0.1) is 15.6 Å². The second-order valence-corrected chi connectivity index (χ2v) is 6.08. The molecule has 1 saturated heterocycles. The van der Waals surface area contributed by atoms with Gasteiger partial charge in [0, 0.05) is 0 Å². The van der Waals surface area contributed by atoms with Crippen molar-refractivity contribution in [3.8, 4) is 5.75 Å². The van der Waals surface area contributed by atoms with E-state index in [-0.39, 0.29) is 18.9 Å². The van der Waals surface area contributed by atoms with E-state index in [1.54, 1.807) is 19.1 Å². The lowest BCUT2D eigenvalue weighted by molar-refractivity contribution is -0.145. The molecule has 0 aliphatic carbocycles. The van der Waals surface area contributed by atoms with E-state index in [2.05, 4.69) is 42.5 Å². The Morgan fingerprint density at radius 2 is 1.87 bits per heavy atom. The van der Waals surface area contributed by atoms with Gasteiger partial charge in [-0.15, -0.1) is 0 Å². The third kappa shape index (κ3) is 4.55. The van der Waals surface area contributed by atoms with Crippen molar-refractivity contribution in [2.45, 2.75) is 6.92 Å². The lowest BCUT2D eigenvalue weighted by atomic mass is 10.2. The minimum absolute atomic E-state index is 0.147. The number of urea groups is 1. The molecule has 0 saturated carbocycles. The van der Waals surface area contributed by atoms with Crippen molar-refractivity contribution in [1.82, 2.24) is 10.6 Å². The molecule has 1 aliphatic heterocycles. The Balaban J connectivity index is 2.17. The maximum Gasteiger partial charge on any atom is 0.344 e. The molecule has 2 rings (SSSR count). The average Bonchev–Trinajstić information content (AvgIpc) is 2.76. The number of rotatable bonds is 5. The van der Waals surface area contributed by atoms with Crippen LogP contribution in [0.4, 0.5) is 4.79 Å². The van der Waals surface area contributed by atoms with E-state index >= 15 is 0 Å². The Hall–Kier alpha value is -1.87. The molecule has 9 heteroatoms. The molecule has 0 spiro atoms. The van der Waals surface area contributed by atoms with Crippen LogP contribution < -0.4 is 15.4 Å². The highest BCUT2D eigenvalue weighted by Crippen LogP contribution is 2.35. The quantitative estimate of drug-likeness (QED) is 0.410. The molecule has 0 bridgehead atoms. The SMILES string of the molecule is CCOC(=O)COc1c(Br)cc(C=C2NC(=O)NC2=O)cc1Br. The van der Waals surface area contributed by atoms with E-state index in [1.165, 1.54) is 6.08 Å². The zero-order valence-corrected chi connectivity index (χ0v) is 15.1. The summed E-state index contributed by atoms with van der Waals surface area (Å²) in [5.74, 6) is -0.534. The number of benzene rings is 1. The zero-order valence-electron chi connectivity index (χ0n) is 11.9. The van der Waals surface area contributed by atoms with Crippen molar-refractivity contribution < 1.29 is 23.9 Å². The first-order chi connectivity index (χ1) is 10.9. The molecule has 1 heterocycles. The summed E-state index contributed by atoms with van der Waals surface area (Å²) in [6.07, 6.45) is 1.52. The normalized spacial score (nSPS) is 15.3. The fourth-order valence-corrected chi connectivity index (χ4v) is 3.23. The monoisotopic (exact) mass is 446 g/mol. The summed E-state index contributed by atoms with van der Waals surface area (Å²) in [6, 6.07) is 2.82. The first-order valence-corrected chi connectivity index (χ1v) is 8.10. The molecule has 1 fully saturated rings. The molecule has 23 heavy (non-hydrogen) atoms. The smallest absolute Gasteiger partial charge is 0.344 e. The van der Waals surface area contributed by atoms with Crippen LogP contribution in [0.3, 0.4) is 0 Å². The van der Waals surface area contributed by atoms with Crippen molar-refractivity contribution in [2.24, 2.45) is 0 Å². The van der Waals surface area contributed by atoms with Crippen LogP contribution in [0.15, 0.2) is 26.8 Å². The van der Waals surface area contributed by atoms with Gasteiger partial charge in [-0.3, -0.25) is 10.1 Å². The largest absolute Gasteiger partial charge is 0.480 e. The number of halogens is 2. The van der Waals surface area contributed by atoms with Crippen LogP contribution in [0.25, 0.3) is 6.08 Å². The number of carbonyl (C=O) groups is 3. The Morgan fingerprint density at radius 3 is 2.39 bits per heavy atom. The molecular formula is C14H12Br2N2O5. The van der Waals surface area contributed by atoms with Crippen molar-refractivity contribution in [3.63, 3.8) is 0 Å². The molecule has 0 unspecified atom stereocenters. The first kappa shape index (κ1) is 17.5. The van der Waals surface area contributed by atoms with Gasteiger partial charge in [-0.05, 0) is 62.6 Å². The molecule has 1 aromatic rings. The highest BCUT2D eigenvalue weighted by molar-refractivity contribution is 9.11. The van der Waals surface area contributed by atoms with Crippen molar-refractivity contribution in [1.29, 1.82) is 0 Å². The molecule has 0 radical (unpaired) electrons. The topological polar surface area (TPSA) is 93.7 Å². The van der Waals surface area contributed by atoms with E-state index in [0.717, 1.165) is 0 Å². The van der Waals surface area contributed by atoms with Crippen molar-refractivity contribution >= 4 is 55.8 Å². The average molecular weight is 448 g/mol. The van der Waals surface area contributed by atoms with E-state index in [9.17, 15) is 14.4 Å². The Bertz CT molecular complexity index is 679. The molecular weight excluding hydrogens is 436 g/mol. The van der Waals surface area contributed by atoms with E-state index in [1.807, 2.05) is 0 Å². The second-order valence-electron chi connectivity index (χ2n) is 4.37. The molecule has 1 aliphatic rings. The van der Waals surface area contributed by atoms with Crippen LogP contribution in [0.1, 0.15) is 12.5 Å². The van der Waals surface area contributed by atoms with Crippen LogP contribution in [0.2, 0.25) is 0 Å². The van der Waals surface area contributed by atoms with E-state index < -0.39 is 17.9 Å². The summed E-state index contributed by atoms with van der Waals surface area (Å²) in [5.41, 5.74) is 0.800. The fourth-order valence-electron chi connectivity index (χ4n) is 1.78. The summed E-state index contributed by atoms with van der Waals surface area (Å²) >= 11 is 6.68. The Labute approximate surface area is 148 Å². The van der Waals surface area contributed by atoms with Gasteiger partial charge in [0.25, 0.3) is 5.91 Å². The van der Waals surface area contributed by atoms with Gasteiger partial charge in [-0.2, -0.15) is 0 Å². The van der Waals surface area contributed by atoms with Crippen LogP contribution in [0.5, 0.6) is 5.75 Å². The van der Waals surface area contributed by atoms with Gasteiger partial charge in [0.2, 0.25) is 0 Å². The second kappa shape index (κ2) is 7.60. The van der Waals surface area contributed by atoms with Crippen molar-refractivity contribution in [3.05, 3.63) is 32.3 Å². The lowest BCUT2D eigenvalue weighted by Gasteiger charge is -2.11. The Kier molecular flexibility index (Phi) is 5.78. The molecule has 0 aromatic heterocycles. The minimum Gasteiger partial charge on any atom is -0.480 e. The number of imide groups is 1.